The predicted molar refractivity (Wildman–Crippen MR) is 84.3 cm³/mol. The SMILES string of the molecule is CCCNc1cncc(C(=O)N2CCC(CCC)CC2)n1. The fourth-order valence-electron chi connectivity index (χ4n) is 2.80. The third kappa shape index (κ3) is 4.41. The molecule has 21 heavy (non-hydrogen) atoms. The Kier molecular flexibility index (Phi) is 5.96. The average molecular weight is 290 g/mol. The topological polar surface area (TPSA) is 58.1 Å². The number of nitrogens with one attached hydrogen (secondary N) is 1. The first-order valence-corrected chi connectivity index (χ1v) is 8.09. The van der Waals surface area contributed by atoms with Gasteiger partial charge in [0.05, 0.1) is 12.4 Å². The smallest absolute Gasteiger partial charge is 0.274 e. The minimum absolute atomic E-state index is 0.0117. The second-order valence-electron chi connectivity index (χ2n) is 5.74. The van der Waals surface area contributed by atoms with E-state index >= 15 is 0 Å². The van der Waals surface area contributed by atoms with Gasteiger partial charge in [-0.15, -0.1) is 0 Å². The van der Waals surface area contributed by atoms with Crippen molar-refractivity contribution in [1.29, 1.82) is 0 Å². The number of nitrogens with zero attached hydrogens (tertiary/aromatic N) is 3. The van der Waals surface area contributed by atoms with Crippen LogP contribution in [0.2, 0.25) is 0 Å². The summed E-state index contributed by atoms with van der Waals surface area (Å²) in [5.41, 5.74) is 0.449. The van der Waals surface area contributed by atoms with Crippen LogP contribution in [0.4, 0.5) is 5.82 Å². The van der Waals surface area contributed by atoms with E-state index < -0.39 is 0 Å². The van der Waals surface area contributed by atoms with Crippen molar-refractivity contribution < 1.29 is 4.79 Å². The summed E-state index contributed by atoms with van der Waals surface area (Å²) in [6, 6.07) is 0. The van der Waals surface area contributed by atoms with Crippen molar-refractivity contribution in [1.82, 2.24) is 14.9 Å². The average Bonchev–Trinajstić information content (AvgIpc) is 2.53. The Labute approximate surface area is 127 Å². The number of rotatable bonds is 6. The van der Waals surface area contributed by atoms with Crippen molar-refractivity contribution in [2.24, 2.45) is 5.92 Å². The molecule has 2 rings (SSSR count). The number of carbonyl (C=O) groups is 1. The summed E-state index contributed by atoms with van der Waals surface area (Å²) in [5, 5.41) is 3.17. The van der Waals surface area contributed by atoms with Gasteiger partial charge >= 0.3 is 0 Å². The highest BCUT2D eigenvalue weighted by Gasteiger charge is 2.24. The molecule has 1 aromatic rings. The Bertz CT molecular complexity index is 455. The molecule has 1 fully saturated rings. The standard InChI is InChI=1S/C16H26N4O/c1-3-5-13-6-9-20(10-7-13)16(21)14-11-17-12-15(19-14)18-8-4-2/h11-13H,3-10H2,1-2H3,(H,18,19). The van der Waals surface area contributed by atoms with Crippen LogP contribution >= 0.6 is 0 Å². The molecule has 5 nitrogen and oxygen atoms in total. The molecule has 0 aliphatic carbocycles. The second kappa shape index (κ2) is 7.96. The van der Waals surface area contributed by atoms with E-state index in [1.54, 1.807) is 12.4 Å². The summed E-state index contributed by atoms with van der Waals surface area (Å²) in [6.07, 6.45) is 8.98. The molecular formula is C16H26N4O. The molecule has 1 amide bonds. The van der Waals surface area contributed by atoms with Crippen LogP contribution in [-0.4, -0.2) is 40.4 Å². The molecule has 0 bridgehead atoms. The van der Waals surface area contributed by atoms with Crippen LogP contribution in [0, 0.1) is 5.92 Å². The summed E-state index contributed by atoms with van der Waals surface area (Å²) in [7, 11) is 0. The number of carbonyl (C=O) groups excluding carboxylic acids is 1. The van der Waals surface area contributed by atoms with Crippen LogP contribution in [0.25, 0.3) is 0 Å². The molecule has 0 saturated carbocycles. The van der Waals surface area contributed by atoms with Gasteiger partial charge in [0.2, 0.25) is 0 Å². The summed E-state index contributed by atoms with van der Waals surface area (Å²) in [4.78, 5) is 22.9. The first-order chi connectivity index (χ1) is 10.2. The molecule has 1 aromatic heterocycles. The lowest BCUT2D eigenvalue weighted by Gasteiger charge is -2.31. The van der Waals surface area contributed by atoms with Gasteiger partial charge in [-0.25, -0.2) is 4.98 Å². The highest BCUT2D eigenvalue weighted by atomic mass is 16.2. The van der Waals surface area contributed by atoms with Crippen LogP contribution < -0.4 is 5.32 Å². The van der Waals surface area contributed by atoms with Crippen molar-refractivity contribution >= 4 is 11.7 Å². The zero-order chi connectivity index (χ0) is 15.1. The number of amides is 1. The van der Waals surface area contributed by atoms with E-state index in [1.807, 2.05) is 4.90 Å². The molecule has 0 aromatic carbocycles. The minimum Gasteiger partial charge on any atom is -0.369 e. The van der Waals surface area contributed by atoms with Crippen molar-refractivity contribution in [3.63, 3.8) is 0 Å². The van der Waals surface area contributed by atoms with Crippen LogP contribution in [0.15, 0.2) is 12.4 Å². The highest BCUT2D eigenvalue weighted by Crippen LogP contribution is 2.22. The molecule has 2 heterocycles. The minimum atomic E-state index is 0.0117. The van der Waals surface area contributed by atoms with Crippen LogP contribution in [0.5, 0.6) is 0 Å². The van der Waals surface area contributed by atoms with Gasteiger partial charge in [0, 0.05) is 19.6 Å². The van der Waals surface area contributed by atoms with Crippen molar-refractivity contribution in [2.45, 2.75) is 46.0 Å². The van der Waals surface area contributed by atoms with Crippen LogP contribution in [-0.2, 0) is 0 Å². The van der Waals surface area contributed by atoms with Crippen molar-refractivity contribution in [2.75, 3.05) is 25.0 Å². The van der Waals surface area contributed by atoms with Crippen LogP contribution in [0.1, 0.15) is 56.4 Å². The van der Waals surface area contributed by atoms with E-state index in [-0.39, 0.29) is 5.91 Å². The molecule has 1 aliphatic rings. The normalized spacial score (nSPS) is 16.0. The van der Waals surface area contributed by atoms with Gasteiger partial charge in [-0.05, 0) is 25.2 Å². The number of likely N-dealkylation sites (tertiary alicyclic amines) is 1. The predicted octanol–water partition coefficient (Wildman–Crippen LogP) is 2.95. The Morgan fingerprint density at radius 3 is 2.71 bits per heavy atom. The van der Waals surface area contributed by atoms with Gasteiger partial charge in [-0.3, -0.25) is 9.78 Å². The summed E-state index contributed by atoms with van der Waals surface area (Å²) in [5.74, 6) is 1.48. The zero-order valence-corrected chi connectivity index (χ0v) is 13.1. The quantitative estimate of drug-likeness (QED) is 0.875. The van der Waals surface area contributed by atoms with Gasteiger partial charge in [0.15, 0.2) is 0 Å². The Balaban J connectivity index is 1.94. The Hall–Kier alpha value is -1.65. The van der Waals surface area contributed by atoms with Gasteiger partial charge in [0.1, 0.15) is 11.5 Å². The summed E-state index contributed by atoms with van der Waals surface area (Å²) < 4.78 is 0. The largest absolute Gasteiger partial charge is 0.369 e. The third-order valence-electron chi connectivity index (χ3n) is 4.01. The lowest BCUT2D eigenvalue weighted by molar-refractivity contribution is 0.0680. The van der Waals surface area contributed by atoms with Gasteiger partial charge in [0.25, 0.3) is 5.91 Å². The maximum atomic E-state index is 12.5. The van der Waals surface area contributed by atoms with Gasteiger partial charge in [-0.1, -0.05) is 26.7 Å². The first-order valence-electron chi connectivity index (χ1n) is 8.09. The molecule has 5 heteroatoms. The molecule has 1 aliphatic heterocycles. The van der Waals surface area contributed by atoms with E-state index in [0.29, 0.717) is 11.5 Å². The molecule has 0 radical (unpaired) electrons. The van der Waals surface area contributed by atoms with E-state index in [0.717, 1.165) is 44.8 Å². The number of piperidine rings is 1. The Morgan fingerprint density at radius 1 is 1.29 bits per heavy atom. The number of hydrogen-bond acceptors (Lipinski definition) is 4. The molecule has 1 N–H and O–H groups in total. The molecule has 0 unspecified atom stereocenters. The van der Waals surface area contributed by atoms with E-state index in [9.17, 15) is 4.79 Å². The molecular weight excluding hydrogens is 264 g/mol. The number of aromatic nitrogens is 2. The maximum absolute atomic E-state index is 12.5. The summed E-state index contributed by atoms with van der Waals surface area (Å²) >= 11 is 0. The zero-order valence-electron chi connectivity index (χ0n) is 13.1. The first kappa shape index (κ1) is 15.7. The van der Waals surface area contributed by atoms with Gasteiger partial charge < -0.3 is 10.2 Å². The third-order valence-corrected chi connectivity index (χ3v) is 4.01. The number of anilines is 1. The van der Waals surface area contributed by atoms with Gasteiger partial charge in [-0.2, -0.15) is 0 Å². The van der Waals surface area contributed by atoms with Crippen molar-refractivity contribution in [3.05, 3.63) is 18.1 Å². The van der Waals surface area contributed by atoms with Crippen molar-refractivity contribution in [3.8, 4) is 0 Å². The molecule has 116 valence electrons. The molecule has 1 saturated heterocycles. The number of hydrogen-bond donors (Lipinski definition) is 1. The Morgan fingerprint density at radius 2 is 2.05 bits per heavy atom. The fourth-order valence-corrected chi connectivity index (χ4v) is 2.80. The monoisotopic (exact) mass is 290 g/mol. The summed E-state index contributed by atoms with van der Waals surface area (Å²) in [6.45, 7) is 6.85. The highest BCUT2D eigenvalue weighted by molar-refractivity contribution is 5.92. The van der Waals surface area contributed by atoms with Crippen LogP contribution in [0.3, 0.4) is 0 Å². The van der Waals surface area contributed by atoms with E-state index in [1.165, 1.54) is 12.8 Å². The van der Waals surface area contributed by atoms with E-state index in [4.69, 9.17) is 0 Å². The second-order valence-corrected chi connectivity index (χ2v) is 5.74. The molecule has 0 atom stereocenters. The lowest BCUT2D eigenvalue weighted by atomic mass is 9.92. The molecule has 0 spiro atoms. The van der Waals surface area contributed by atoms with E-state index in [2.05, 4.69) is 29.1 Å². The fraction of sp³-hybridized carbons (Fsp3) is 0.688. The lowest BCUT2D eigenvalue weighted by Crippen LogP contribution is -2.38. The maximum Gasteiger partial charge on any atom is 0.274 e.